The summed E-state index contributed by atoms with van der Waals surface area (Å²) >= 11 is 1.40. The molecule has 3 aromatic rings. The molecular weight excluding hydrogens is 484 g/mol. The first-order chi connectivity index (χ1) is 17.2. The van der Waals surface area contributed by atoms with Crippen LogP contribution in [0.2, 0.25) is 0 Å². The molecule has 0 spiro atoms. The zero-order chi connectivity index (χ0) is 25.3. The van der Waals surface area contributed by atoms with Gasteiger partial charge in [0.2, 0.25) is 0 Å². The molecular formula is C26H33F2N5O2S. The normalized spacial score (nSPS) is 20.9. The van der Waals surface area contributed by atoms with Crippen LogP contribution in [0.15, 0.2) is 18.2 Å². The summed E-state index contributed by atoms with van der Waals surface area (Å²) in [6, 6.07) is 5.94. The largest absolute Gasteiger partial charge is 0.464 e. The highest BCUT2D eigenvalue weighted by Gasteiger charge is 2.27. The molecule has 5 rings (SSSR count). The van der Waals surface area contributed by atoms with E-state index in [0.29, 0.717) is 16.7 Å². The Morgan fingerprint density at radius 3 is 2.89 bits per heavy atom. The summed E-state index contributed by atoms with van der Waals surface area (Å²) in [6.07, 6.45) is 6.22. The van der Waals surface area contributed by atoms with Gasteiger partial charge in [-0.3, -0.25) is 14.8 Å². The van der Waals surface area contributed by atoms with E-state index in [-0.39, 0.29) is 11.9 Å². The van der Waals surface area contributed by atoms with Gasteiger partial charge in [0.05, 0.1) is 22.5 Å². The van der Waals surface area contributed by atoms with Gasteiger partial charge in [-0.25, -0.2) is 13.8 Å². The molecule has 36 heavy (non-hydrogen) atoms. The number of halogens is 2. The molecule has 1 amide bonds. The minimum Gasteiger partial charge on any atom is -0.464 e. The van der Waals surface area contributed by atoms with Crippen LogP contribution in [-0.2, 0) is 13.0 Å². The number of benzene rings is 1. The van der Waals surface area contributed by atoms with Crippen molar-refractivity contribution in [1.29, 1.82) is 0 Å². The summed E-state index contributed by atoms with van der Waals surface area (Å²) < 4.78 is 31.3. The molecule has 1 saturated carbocycles. The maximum atomic E-state index is 13.1. The number of hydrogen-bond acceptors (Lipinski definition) is 6. The van der Waals surface area contributed by atoms with E-state index in [4.69, 9.17) is 4.74 Å². The molecule has 7 nitrogen and oxygen atoms in total. The van der Waals surface area contributed by atoms with Crippen molar-refractivity contribution in [3.8, 4) is 5.19 Å². The van der Waals surface area contributed by atoms with Gasteiger partial charge < -0.3 is 10.1 Å². The van der Waals surface area contributed by atoms with E-state index >= 15 is 0 Å². The molecule has 1 aliphatic heterocycles. The van der Waals surface area contributed by atoms with Gasteiger partial charge in [-0.1, -0.05) is 23.5 Å². The third kappa shape index (κ3) is 5.86. The summed E-state index contributed by atoms with van der Waals surface area (Å²) in [4.78, 5) is 20.9. The van der Waals surface area contributed by atoms with E-state index in [1.807, 2.05) is 25.1 Å². The van der Waals surface area contributed by atoms with Gasteiger partial charge in [-0.05, 0) is 64.0 Å². The molecule has 0 radical (unpaired) electrons. The molecule has 10 heteroatoms. The van der Waals surface area contributed by atoms with Gasteiger partial charge in [-0.2, -0.15) is 5.10 Å². The topological polar surface area (TPSA) is 83.1 Å². The van der Waals surface area contributed by atoms with Crippen molar-refractivity contribution in [2.45, 2.75) is 70.9 Å². The third-order valence-electron chi connectivity index (χ3n) is 7.31. The van der Waals surface area contributed by atoms with E-state index in [0.717, 1.165) is 92.3 Å². The van der Waals surface area contributed by atoms with Crippen molar-refractivity contribution in [2.24, 2.45) is 5.92 Å². The monoisotopic (exact) mass is 517 g/mol. The molecule has 194 valence electrons. The molecule has 2 N–H and O–H groups in total. The SMILES string of the molecule is Cc1n[nH]c2c(C(=O)N[C@H]3CC[C@H](CCN4CCc5sc(OCC(C)(F)F)nc5C4)CC3)cccc12. The average Bonchev–Trinajstić information content (AvgIpc) is 3.44. The summed E-state index contributed by atoms with van der Waals surface area (Å²) in [5, 5.41) is 11.8. The molecule has 0 unspecified atom stereocenters. The molecule has 0 atom stereocenters. The first kappa shape index (κ1) is 25.1. The lowest BCUT2D eigenvalue weighted by Crippen LogP contribution is -2.38. The van der Waals surface area contributed by atoms with Crippen LogP contribution in [0.3, 0.4) is 0 Å². The highest BCUT2D eigenvalue weighted by atomic mass is 32.1. The molecule has 1 fully saturated rings. The Morgan fingerprint density at radius 1 is 1.31 bits per heavy atom. The lowest BCUT2D eigenvalue weighted by molar-refractivity contribution is -0.0230. The standard InChI is InChI=1S/C26H33F2N5O2S/c1-16-19-4-3-5-20(23(19)32-31-16)24(34)29-18-8-6-17(7-9-18)10-12-33-13-11-22-21(14-33)30-25(36-22)35-15-26(2,27)28/h3-5,17-18H,6-15H2,1-2H3,(H,29,34)(H,31,32)/t17-,18-. The van der Waals surface area contributed by atoms with Gasteiger partial charge in [0.15, 0.2) is 6.61 Å². The van der Waals surface area contributed by atoms with Crippen molar-refractivity contribution < 1.29 is 18.3 Å². The van der Waals surface area contributed by atoms with Crippen LogP contribution in [0, 0.1) is 12.8 Å². The Hall–Kier alpha value is -2.59. The maximum Gasteiger partial charge on any atom is 0.278 e. The fourth-order valence-corrected chi connectivity index (χ4v) is 6.16. The van der Waals surface area contributed by atoms with E-state index in [1.54, 1.807) is 0 Å². The Labute approximate surface area is 213 Å². The van der Waals surface area contributed by atoms with E-state index in [2.05, 4.69) is 25.4 Å². The first-order valence-corrected chi connectivity index (χ1v) is 13.5. The highest BCUT2D eigenvalue weighted by Crippen LogP contribution is 2.32. The number of aromatic nitrogens is 3. The molecule has 3 heterocycles. The minimum absolute atomic E-state index is 0.0360. The fourth-order valence-electron chi connectivity index (χ4n) is 5.26. The van der Waals surface area contributed by atoms with Crippen LogP contribution < -0.4 is 10.1 Å². The second kappa shape index (κ2) is 10.4. The summed E-state index contributed by atoms with van der Waals surface area (Å²) in [5.41, 5.74) is 3.32. The number of aryl methyl sites for hydroxylation is 1. The van der Waals surface area contributed by atoms with Crippen LogP contribution in [-0.4, -0.2) is 57.6 Å². The van der Waals surface area contributed by atoms with Crippen LogP contribution >= 0.6 is 11.3 Å². The van der Waals surface area contributed by atoms with Crippen molar-refractivity contribution in [3.63, 3.8) is 0 Å². The lowest BCUT2D eigenvalue weighted by atomic mass is 9.84. The zero-order valence-corrected chi connectivity index (χ0v) is 21.6. The molecule has 2 aliphatic rings. The second-order valence-corrected chi connectivity index (χ2v) is 11.3. The molecule has 2 aromatic heterocycles. The molecule has 0 saturated heterocycles. The number of para-hydroxylation sites is 1. The van der Waals surface area contributed by atoms with Crippen molar-refractivity contribution in [1.82, 2.24) is 25.4 Å². The number of carbonyl (C=O) groups excluding carboxylic acids is 1. The number of alkyl halides is 2. The summed E-state index contributed by atoms with van der Waals surface area (Å²) in [6.45, 7) is 4.87. The van der Waals surface area contributed by atoms with Crippen LogP contribution in [0.1, 0.15) is 65.7 Å². The van der Waals surface area contributed by atoms with Gasteiger partial charge in [0.25, 0.3) is 17.0 Å². The smallest absolute Gasteiger partial charge is 0.278 e. The van der Waals surface area contributed by atoms with Gasteiger partial charge in [0, 0.05) is 36.3 Å². The zero-order valence-electron chi connectivity index (χ0n) is 20.8. The van der Waals surface area contributed by atoms with E-state index < -0.39 is 12.5 Å². The number of thiazole rings is 1. The number of amides is 1. The number of hydrogen-bond donors (Lipinski definition) is 2. The predicted molar refractivity (Wildman–Crippen MR) is 136 cm³/mol. The fraction of sp³-hybridized carbons (Fsp3) is 0.577. The molecule has 1 aromatic carbocycles. The quantitative estimate of drug-likeness (QED) is 0.435. The van der Waals surface area contributed by atoms with Crippen LogP contribution in [0.25, 0.3) is 10.9 Å². The number of nitrogens with zero attached hydrogens (tertiary/aromatic N) is 3. The Balaban J connectivity index is 1.06. The van der Waals surface area contributed by atoms with Crippen LogP contribution in [0.5, 0.6) is 5.19 Å². The van der Waals surface area contributed by atoms with Gasteiger partial charge in [-0.15, -0.1) is 0 Å². The van der Waals surface area contributed by atoms with Gasteiger partial charge in [0.1, 0.15) is 0 Å². The van der Waals surface area contributed by atoms with Crippen molar-refractivity contribution >= 4 is 28.1 Å². The third-order valence-corrected chi connectivity index (χ3v) is 8.38. The van der Waals surface area contributed by atoms with E-state index in [9.17, 15) is 13.6 Å². The Bertz CT molecular complexity index is 1210. The summed E-state index contributed by atoms with van der Waals surface area (Å²) in [5.74, 6) is -2.24. The summed E-state index contributed by atoms with van der Waals surface area (Å²) in [7, 11) is 0. The molecule has 1 aliphatic carbocycles. The van der Waals surface area contributed by atoms with Crippen LogP contribution in [0.4, 0.5) is 8.78 Å². The number of fused-ring (bicyclic) bond motifs is 2. The number of rotatable bonds is 8. The number of carbonyl (C=O) groups is 1. The highest BCUT2D eigenvalue weighted by molar-refractivity contribution is 7.13. The van der Waals surface area contributed by atoms with Gasteiger partial charge >= 0.3 is 0 Å². The average molecular weight is 518 g/mol. The number of H-pyrrole nitrogens is 1. The lowest BCUT2D eigenvalue weighted by Gasteiger charge is -2.32. The maximum absolute atomic E-state index is 13.1. The Kier molecular flexibility index (Phi) is 7.25. The first-order valence-electron chi connectivity index (χ1n) is 12.7. The van der Waals surface area contributed by atoms with Crippen molar-refractivity contribution in [3.05, 3.63) is 40.0 Å². The Morgan fingerprint density at radius 2 is 2.11 bits per heavy atom. The number of nitrogens with one attached hydrogen (secondary N) is 2. The minimum atomic E-state index is -2.85. The second-order valence-electron chi connectivity index (χ2n) is 10.3. The predicted octanol–water partition coefficient (Wildman–Crippen LogP) is 5.10. The molecule has 0 bridgehead atoms. The van der Waals surface area contributed by atoms with Crippen molar-refractivity contribution in [2.75, 3.05) is 19.7 Å². The van der Waals surface area contributed by atoms with E-state index in [1.165, 1.54) is 11.3 Å². The number of ether oxygens (including phenoxy) is 1. The number of aromatic amines is 1.